The number of nitrogens with one attached hydrogen (secondary N) is 1. The predicted octanol–water partition coefficient (Wildman–Crippen LogP) is 4.84. The molecule has 0 fully saturated rings. The Kier molecular flexibility index (Phi) is 4.44. The monoisotopic (exact) mass is 314 g/mol. The fourth-order valence-electron chi connectivity index (χ4n) is 2.27. The van der Waals surface area contributed by atoms with E-state index in [0.717, 1.165) is 28.4 Å². The third-order valence-corrected chi connectivity index (χ3v) is 4.08. The van der Waals surface area contributed by atoms with Crippen molar-refractivity contribution < 1.29 is 9.47 Å². The normalized spacial score (nSPS) is 10.6. The third-order valence-electron chi connectivity index (χ3n) is 3.19. The average Bonchev–Trinajstić information content (AvgIpc) is 3.00. The van der Waals surface area contributed by atoms with E-state index < -0.39 is 0 Å². The van der Waals surface area contributed by atoms with Crippen LogP contribution in [0.15, 0.2) is 41.9 Å². The topological polar surface area (TPSA) is 43.4 Å². The molecule has 0 amide bonds. The van der Waals surface area contributed by atoms with Crippen LogP contribution >= 0.6 is 11.3 Å². The Hall–Kier alpha value is -2.27. The van der Waals surface area contributed by atoms with Gasteiger partial charge in [0.15, 0.2) is 0 Å². The van der Waals surface area contributed by atoms with E-state index in [1.807, 2.05) is 44.3 Å². The van der Waals surface area contributed by atoms with Crippen LogP contribution in [0.2, 0.25) is 0 Å². The minimum Gasteiger partial charge on any atom is -0.494 e. The Bertz CT molecular complexity index is 770. The van der Waals surface area contributed by atoms with Crippen molar-refractivity contribution in [3.63, 3.8) is 0 Å². The van der Waals surface area contributed by atoms with Gasteiger partial charge in [-0.2, -0.15) is 0 Å². The molecule has 0 aliphatic rings. The smallest absolute Gasteiger partial charge is 0.143 e. The van der Waals surface area contributed by atoms with Gasteiger partial charge in [-0.05, 0) is 43.5 Å². The van der Waals surface area contributed by atoms with Crippen LogP contribution in [0.25, 0.3) is 10.1 Å². The SMILES string of the molecule is CCOc1ccc(OCC)c(Nc2nccc3sccc23)c1. The fraction of sp³-hybridized carbons (Fsp3) is 0.235. The van der Waals surface area contributed by atoms with Crippen molar-refractivity contribution in [1.82, 2.24) is 4.98 Å². The van der Waals surface area contributed by atoms with Crippen LogP contribution in [0.4, 0.5) is 11.5 Å². The quantitative estimate of drug-likeness (QED) is 0.707. The number of anilines is 2. The molecule has 0 aliphatic heterocycles. The zero-order valence-electron chi connectivity index (χ0n) is 12.6. The van der Waals surface area contributed by atoms with Gasteiger partial charge in [0.25, 0.3) is 0 Å². The van der Waals surface area contributed by atoms with Crippen molar-refractivity contribution in [1.29, 1.82) is 0 Å². The van der Waals surface area contributed by atoms with Crippen molar-refractivity contribution in [3.8, 4) is 11.5 Å². The maximum atomic E-state index is 5.69. The van der Waals surface area contributed by atoms with Crippen molar-refractivity contribution in [2.75, 3.05) is 18.5 Å². The molecule has 4 nitrogen and oxygen atoms in total. The van der Waals surface area contributed by atoms with Crippen LogP contribution in [0.1, 0.15) is 13.8 Å². The number of pyridine rings is 1. The van der Waals surface area contributed by atoms with E-state index in [0.29, 0.717) is 13.2 Å². The summed E-state index contributed by atoms with van der Waals surface area (Å²) >= 11 is 1.70. The molecule has 0 atom stereocenters. The van der Waals surface area contributed by atoms with Crippen LogP contribution in [0.3, 0.4) is 0 Å². The number of ether oxygens (including phenoxy) is 2. The Labute approximate surface area is 133 Å². The molecule has 0 radical (unpaired) electrons. The number of rotatable bonds is 6. The zero-order chi connectivity index (χ0) is 15.4. The first-order chi connectivity index (χ1) is 10.8. The Balaban J connectivity index is 1.98. The number of aromatic nitrogens is 1. The van der Waals surface area contributed by atoms with E-state index in [4.69, 9.17) is 9.47 Å². The van der Waals surface area contributed by atoms with E-state index in [1.165, 1.54) is 4.70 Å². The summed E-state index contributed by atoms with van der Waals surface area (Å²) in [5.74, 6) is 2.43. The molecule has 3 rings (SSSR count). The Morgan fingerprint density at radius 1 is 1.09 bits per heavy atom. The summed E-state index contributed by atoms with van der Waals surface area (Å²) in [5.41, 5.74) is 0.860. The molecule has 0 unspecified atom stereocenters. The van der Waals surface area contributed by atoms with Gasteiger partial charge >= 0.3 is 0 Å². The van der Waals surface area contributed by atoms with Crippen LogP contribution < -0.4 is 14.8 Å². The van der Waals surface area contributed by atoms with Gasteiger partial charge in [0.1, 0.15) is 17.3 Å². The highest BCUT2D eigenvalue weighted by Gasteiger charge is 2.09. The molecular weight excluding hydrogens is 296 g/mol. The highest BCUT2D eigenvalue weighted by molar-refractivity contribution is 7.17. The van der Waals surface area contributed by atoms with Gasteiger partial charge < -0.3 is 14.8 Å². The molecular formula is C17H18N2O2S. The molecule has 22 heavy (non-hydrogen) atoms. The van der Waals surface area contributed by atoms with Crippen molar-refractivity contribution >= 4 is 32.9 Å². The average molecular weight is 314 g/mol. The van der Waals surface area contributed by atoms with Gasteiger partial charge in [-0.25, -0.2) is 4.98 Å². The third kappa shape index (κ3) is 2.99. The molecule has 1 N–H and O–H groups in total. The number of hydrogen-bond acceptors (Lipinski definition) is 5. The first-order valence-electron chi connectivity index (χ1n) is 7.30. The van der Waals surface area contributed by atoms with Gasteiger partial charge in [0.05, 0.1) is 18.9 Å². The summed E-state index contributed by atoms with van der Waals surface area (Å²) in [5, 5.41) is 6.55. The number of benzene rings is 1. The molecule has 0 saturated carbocycles. The Morgan fingerprint density at radius 2 is 1.95 bits per heavy atom. The summed E-state index contributed by atoms with van der Waals surface area (Å²) in [4.78, 5) is 4.45. The van der Waals surface area contributed by atoms with Crippen LogP contribution in [0.5, 0.6) is 11.5 Å². The highest BCUT2D eigenvalue weighted by Crippen LogP contribution is 2.34. The van der Waals surface area contributed by atoms with Gasteiger partial charge in [-0.1, -0.05) is 0 Å². The molecule has 0 spiro atoms. The molecule has 0 bridgehead atoms. The number of hydrogen-bond donors (Lipinski definition) is 1. The summed E-state index contributed by atoms with van der Waals surface area (Å²) in [6.45, 7) is 5.18. The maximum Gasteiger partial charge on any atom is 0.143 e. The summed E-state index contributed by atoms with van der Waals surface area (Å²) < 4.78 is 12.5. The number of fused-ring (bicyclic) bond motifs is 1. The molecule has 1 aromatic carbocycles. The van der Waals surface area contributed by atoms with E-state index in [2.05, 4.69) is 21.7 Å². The first-order valence-corrected chi connectivity index (χ1v) is 8.18. The maximum absolute atomic E-state index is 5.69. The summed E-state index contributed by atoms with van der Waals surface area (Å²) in [6.07, 6.45) is 1.81. The molecule has 3 aromatic rings. The van der Waals surface area contributed by atoms with Gasteiger partial charge in [0, 0.05) is 22.3 Å². The minimum absolute atomic E-state index is 0.610. The molecule has 0 aliphatic carbocycles. The zero-order valence-corrected chi connectivity index (χ0v) is 13.4. The predicted molar refractivity (Wildman–Crippen MR) is 91.7 cm³/mol. The highest BCUT2D eigenvalue weighted by atomic mass is 32.1. The van der Waals surface area contributed by atoms with Crippen molar-refractivity contribution in [2.45, 2.75) is 13.8 Å². The second kappa shape index (κ2) is 6.66. The standard InChI is InChI=1S/C17H18N2O2S/c1-3-20-12-5-6-15(21-4-2)14(11-12)19-17-13-8-10-22-16(13)7-9-18-17/h5-11H,3-4H2,1-2H3,(H,18,19). The van der Waals surface area contributed by atoms with Gasteiger partial charge in [0.2, 0.25) is 0 Å². The van der Waals surface area contributed by atoms with Gasteiger partial charge in [-0.15, -0.1) is 11.3 Å². The van der Waals surface area contributed by atoms with E-state index >= 15 is 0 Å². The largest absolute Gasteiger partial charge is 0.494 e. The Morgan fingerprint density at radius 3 is 2.77 bits per heavy atom. The summed E-state index contributed by atoms with van der Waals surface area (Å²) in [7, 11) is 0. The van der Waals surface area contributed by atoms with E-state index in [9.17, 15) is 0 Å². The lowest BCUT2D eigenvalue weighted by atomic mass is 10.2. The molecule has 5 heteroatoms. The lowest BCUT2D eigenvalue weighted by Gasteiger charge is -2.14. The van der Waals surface area contributed by atoms with Gasteiger partial charge in [-0.3, -0.25) is 0 Å². The fourth-order valence-corrected chi connectivity index (χ4v) is 3.05. The first kappa shape index (κ1) is 14.7. The van der Waals surface area contributed by atoms with Crippen LogP contribution in [0, 0.1) is 0 Å². The second-order valence-corrected chi connectivity index (χ2v) is 5.59. The second-order valence-electron chi connectivity index (χ2n) is 4.64. The lowest BCUT2D eigenvalue weighted by Crippen LogP contribution is -2.00. The van der Waals surface area contributed by atoms with Crippen LogP contribution in [-0.4, -0.2) is 18.2 Å². The van der Waals surface area contributed by atoms with E-state index in [-0.39, 0.29) is 0 Å². The van der Waals surface area contributed by atoms with Crippen molar-refractivity contribution in [3.05, 3.63) is 41.9 Å². The molecule has 114 valence electrons. The van der Waals surface area contributed by atoms with E-state index in [1.54, 1.807) is 11.3 Å². The molecule has 0 saturated heterocycles. The molecule has 2 heterocycles. The summed E-state index contributed by atoms with van der Waals surface area (Å²) in [6, 6.07) is 9.87. The minimum atomic E-state index is 0.610. The lowest BCUT2D eigenvalue weighted by molar-refractivity contribution is 0.332. The van der Waals surface area contributed by atoms with Crippen LogP contribution in [-0.2, 0) is 0 Å². The number of nitrogens with zero attached hydrogens (tertiary/aromatic N) is 1. The van der Waals surface area contributed by atoms with Crippen molar-refractivity contribution in [2.24, 2.45) is 0 Å². The molecule has 2 aromatic heterocycles. The number of thiophene rings is 1.